The van der Waals surface area contributed by atoms with Crippen molar-refractivity contribution in [2.75, 3.05) is 0 Å². The van der Waals surface area contributed by atoms with Gasteiger partial charge in [-0.15, -0.1) is 0 Å². The Morgan fingerprint density at radius 1 is 0.840 bits per heavy atom. The van der Waals surface area contributed by atoms with Crippen LogP contribution in [-0.2, 0) is 0 Å². The van der Waals surface area contributed by atoms with Crippen LogP contribution in [0.15, 0.2) is 67.1 Å². The Hall–Kier alpha value is -2.96. The first kappa shape index (κ1) is 15.6. The van der Waals surface area contributed by atoms with E-state index in [-0.39, 0.29) is 0 Å². The third-order valence-corrected chi connectivity index (χ3v) is 4.20. The molecule has 0 saturated heterocycles. The zero-order chi connectivity index (χ0) is 17.4. The van der Waals surface area contributed by atoms with Gasteiger partial charge in [0.15, 0.2) is 0 Å². The molecule has 25 heavy (non-hydrogen) atoms. The van der Waals surface area contributed by atoms with E-state index in [1.165, 1.54) is 5.56 Å². The molecule has 0 aliphatic rings. The minimum absolute atomic E-state index is 0.460. The molecule has 4 rings (SSSR count). The van der Waals surface area contributed by atoms with E-state index in [0.29, 0.717) is 11.2 Å². The van der Waals surface area contributed by atoms with Crippen molar-refractivity contribution in [1.29, 1.82) is 0 Å². The lowest BCUT2D eigenvalue weighted by molar-refractivity contribution is 0.426. The average molecular weight is 329 g/mol. The molecule has 2 aromatic heterocycles. The van der Waals surface area contributed by atoms with Crippen LogP contribution >= 0.6 is 0 Å². The molecule has 0 unspecified atom stereocenters. The van der Waals surface area contributed by atoms with Gasteiger partial charge in [-0.3, -0.25) is 4.40 Å². The summed E-state index contributed by atoms with van der Waals surface area (Å²) in [5.74, 6) is 0.640. The van der Waals surface area contributed by atoms with E-state index in [2.05, 4.69) is 41.2 Å². The highest BCUT2D eigenvalue weighted by atomic mass is 16.4. The van der Waals surface area contributed by atoms with Gasteiger partial charge in [0.1, 0.15) is 0 Å². The molecule has 0 amide bonds. The van der Waals surface area contributed by atoms with Crippen molar-refractivity contribution in [3.63, 3.8) is 0 Å². The second-order valence-electron chi connectivity index (χ2n) is 6.04. The molecule has 0 radical (unpaired) electrons. The summed E-state index contributed by atoms with van der Waals surface area (Å²) < 4.78 is 1.90. The molecule has 4 aromatic rings. The predicted octanol–water partition coefficient (Wildman–Crippen LogP) is 2.05. The Morgan fingerprint density at radius 2 is 1.52 bits per heavy atom. The van der Waals surface area contributed by atoms with Gasteiger partial charge in [-0.1, -0.05) is 54.1 Å². The van der Waals surface area contributed by atoms with Crippen LogP contribution < -0.4 is 5.46 Å². The SMILES string of the molecule is Cc1ccc(-c2cn3cc(-c4ccc(B(O)O)cc4)cnc3n2)cc1. The van der Waals surface area contributed by atoms with Crippen molar-refractivity contribution in [1.82, 2.24) is 14.4 Å². The third kappa shape index (κ3) is 3.05. The molecule has 2 heterocycles. The van der Waals surface area contributed by atoms with Gasteiger partial charge in [-0.25, -0.2) is 9.97 Å². The van der Waals surface area contributed by atoms with E-state index < -0.39 is 7.12 Å². The molecule has 0 saturated carbocycles. The summed E-state index contributed by atoms with van der Waals surface area (Å²) in [6, 6.07) is 15.3. The van der Waals surface area contributed by atoms with Crippen molar-refractivity contribution in [3.05, 3.63) is 72.7 Å². The van der Waals surface area contributed by atoms with E-state index in [1.807, 2.05) is 28.9 Å². The maximum absolute atomic E-state index is 9.19. The summed E-state index contributed by atoms with van der Waals surface area (Å²) in [6.07, 6.45) is 5.70. The van der Waals surface area contributed by atoms with Gasteiger partial charge in [0.25, 0.3) is 0 Å². The maximum atomic E-state index is 9.19. The normalized spacial score (nSPS) is 11.0. The summed E-state index contributed by atoms with van der Waals surface area (Å²) in [6.45, 7) is 2.06. The zero-order valence-electron chi connectivity index (χ0n) is 13.7. The summed E-state index contributed by atoms with van der Waals surface area (Å²) >= 11 is 0. The predicted molar refractivity (Wildman–Crippen MR) is 98.4 cm³/mol. The first-order chi connectivity index (χ1) is 12.1. The Bertz CT molecular complexity index is 1020. The van der Waals surface area contributed by atoms with E-state index in [0.717, 1.165) is 22.4 Å². The molecule has 2 N–H and O–H groups in total. The summed E-state index contributed by atoms with van der Waals surface area (Å²) in [5.41, 5.74) is 5.48. The monoisotopic (exact) mass is 329 g/mol. The summed E-state index contributed by atoms with van der Waals surface area (Å²) in [5, 5.41) is 18.4. The van der Waals surface area contributed by atoms with Crippen LogP contribution in [0.2, 0.25) is 0 Å². The lowest BCUT2D eigenvalue weighted by Crippen LogP contribution is -2.29. The second-order valence-corrected chi connectivity index (χ2v) is 6.04. The van der Waals surface area contributed by atoms with Crippen LogP contribution in [0.3, 0.4) is 0 Å². The molecule has 0 atom stereocenters. The Kier molecular flexibility index (Phi) is 3.84. The number of aromatic nitrogens is 3. The minimum Gasteiger partial charge on any atom is -0.423 e. The number of fused-ring (bicyclic) bond motifs is 1. The van der Waals surface area contributed by atoms with Gasteiger partial charge < -0.3 is 10.0 Å². The van der Waals surface area contributed by atoms with Crippen LogP contribution in [0, 0.1) is 6.92 Å². The van der Waals surface area contributed by atoms with Gasteiger partial charge >= 0.3 is 7.12 Å². The molecule has 0 aliphatic carbocycles. The number of benzene rings is 2. The number of rotatable bonds is 3. The largest absolute Gasteiger partial charge is 0.488 e. The van der Waals surface area contributed by atoms with E-state index >= 15 is 0 Å². The molecular formula is C19H16BN3O2. The first-order valence-corrected chi connectivity index (χ1v) is 7.98. The second kappa shape index (κ2) is 6.16. The highest BCUT2D eigenvalue weighted by Crippen LogP contribution is 2.22. The van der Waals surface area contributed by atoms with Gasteiger partial charge in [0.05, 0.1) is 5.69 Å². The van der Waals surface area contributed by atoms with Gasteiger partial charge in [0.2, 0.25) is 5.78 Å². The first-order valence-electron chi connectivity index (χ1n) is 7.98. The van der Waals surface area contributed by atoms with Gasteiger partial charge in [-0.05, 0) is 17.9 Å². The lowest BCUT2D eigenvalue weighted by atomic mass is 9.80. The Balaban J connectivity index is 1.71. The molecular weight excluding hydrogens is 313 g/mol. The van der Waals surface area contributed by atoms with Crippen LogP contribution in [-0.4, -0.2) is 31.5 Å². The van der Waals surface area contributed by atoms with E-state index in [4.69, 9.17) is 0 Å². The summed E-state index contributed by atoms with van der Waals surface area (Å²) in [4.78, 5) is 9.00. The lowest BCUT2D eigenvalue weighted by Gasteiger charge is -2.04. The van der Waals surface area contributed by atoms with Crippen molar-refractivity contribution in [2.24, 2.45) is 0 Å². The molecule has 2 aromatic carbocycles. The van der Waals surface area contributed by atoms with E-state index in [9.17, 15) is 10.0 Å². The third-order valence-electron chi connectivity index (χ3n) is 4.20. The quantitative estimate of drug-likeness (QED) is 0.565. The molecule has 0 fully saturated rings. The molecule has 122 valence electrons. The fraction of sp³-hybridized carbons (Fsp3) is 0.0526. The Labute approximate surface area is 145 Å². The van der Waals surface area contributed by atoms with Crippen molar-refractivity contribution in [2.45, 2.75) is 6.92 Å². The highest BCUT2D eigenvalue weighted by molar-refractivity contribution is 6.58. The fourth-order valence-electron chi connectivity index (χ4n) is 2.74. The number of hydrogen-bond acceptors (Lipinski definition) is 4. The van der Waals surface area contributed by atoms with Crippen molar-refractivity contribution >= 4 is 18.4 Å². The van der Waals surface area contributed by atoms with E-state index in [1.54, 1.807) is 18.3 Å². The van der Waals surface area contributed by atoms with Gasteiger partial charge in [0, 0.05) is 29.7 Å². The molecule has 0 bridgehead atoms. The van der Waals surface area contributed by atoms with Crippen LogP contribution in [0.4, 0.5) is 0 Å². The van der Waals surface area contributed by atoms with Crippen molar-refractivity contribution < 1.29 is 10.0 Å². The fourth-order valence-corrected chi connectivity index (χ4v) is 2.74. The summed E-state index contributed by atoms with van der Waals surface area (Å²) in [7, 11) is -1.46. The topological polar surface area (TPSA) is 70.7 Å². The smallest absolute Gasteiger partial charge is 0.423 e. The maximum Gasteiger partial charge on any atom is 0.488 e. The average Bonchev–Trinajstić information content (AvgIpc) is 3.05. The molecule has 0 spiro atoms. The standard InChI is InChI=1S/C19H16BN3O2/c1-13-2-4-15(5-3-13)18-12-23-11-16(10-21-19(23)22-18)14-6-8-17(9-7-14)20(24)25/h2-12,24-25H,1H3. The number of imidazole rings is 1. The van der Waals surface area contributed by atoms with Crippen LogP contribution in [0.1, 0.15) is 5.56 Å². The zero-order valence-corrected chi connectivity index (χ0v) is 13.7. The van der Waals surface area contributed by atoms with Crippen molar-refractivity contribution in [3.8, 4) is 22.4 Å². The number of hydrogen-bond donors (Lipinski definition) is 2. The van der Waals surface area contributed by atoms with Crippen LogP contribution in [0.25, 0.3) is 28.2 Å². The number of nitrogens with zero attached hydrogens (tertiary/aromatic N) is 3. The molecule has 5 nitrogen and oxygen atoms in total. The highest BCUT2D eigenvalue weighted by Gasteiger charge is 2.11. The molecule has 0 aliphatic heterocycles. The number of aryl methyl sites for hydroxylation is 1. The Morgan fingerprint density at radius 3 is 2.20 bits per heavy atom. The van der Waals surface area contributed by atoms with Crippen LogP contribution in [0.5, 0.6) is 0 Å². The minimum atomic E-state index is -1.46. The molecule has 6 heteroatoms. The van der Waals surface area contributed by atoms with Gasteiger partial charge in [-0.2, -0.15) is 0 Å².